The topological polar surface area (TPSA) is 29.3 Å². The van der Waals surface area contributed by atoms with E-state index in [-0.39, 0.29) is 0 Å². The third-order valence-corrected chi connectivity index (χ3v) is 4.44. The van der Waals surface area contributed by atoms with Gasteiger partial charge in [-0.25, -0.2) is 0 Å². The molecule has 0 fully saturated rings. The fourth-order valence-electron chi connectivity index (χ4n) is 3.22. The van der Waals surface area contributed by atoms with Gasteiger partial charge in [-0.3, -0.25) is 0 Å². The summed E-state index contributed by atoms with van der Waals surface area (Å²) in [6.45, 7) is 8.17. The Morgan fingerprint density at radius 1 is 1.05 bits per heavy atom. The summed E-state index contributed by atoms with van der Waals surface area (Å²) in [6.07, 6.45) is 6.17. The van der Waals surface area contributed by atoms with Crippen LogP contribution in [0.4, 0.5) is 0 Å². The molecule has 2 nitrogen and oxygen atoms in total. The summed E-state index contributed by atoms with van der Waals surface area (Å²) in [6, 6.07) is 9.29. The lowest BCUT2D eigenvalue weighted by Crippen LogP contribution is -2.31. The molecular weight excluding hydrogens is 244 g/mol. The number of hydrogen-bond donors (Lipinski definition) is 1. The van der Waals surface area contributed by atoms with Crippen LogP contribution in [0.25, 0.3) is 0 Å². The van der Waals surface area contributed by atoms with Gasteiger partial charge in [0.2, 0.25) is 0 Å². The van der Waals surface area contributed by atoms with Crippen LogP contribution < -0.4 is 5.73 Å². The highest BCUT2D eigenvalue weighted by Gasteiger charge is 2.15. The van der Waals surface area contributed by atoms with Crippen LogP contribution in [0.5, 0.6) is 0 Å². The number of nitrogens with two attached hydrogens (primary N) is 1. The second kappa shape index (κ2) is 7.80. The fraction of sp³-hybridized carbons (Fsp3) is 0.667. The minimum atomic E-state index is 0.356. The summed E-state index contributed by atoms with van der Waals surface area (Å²) in [5.74, 6) is 0.787. The van der Waals surface area contributed by atoms with Gasteiger partial charge in [-0.2, -0.15) is 0 Å². The largest absolute Gasteiger partial charge is 0.328 e. The summed E-state index contributed by atoms with van der Waals surface area (Å²) in [7, 11) is 0. The van der Waals surface area contributed by atoms with Gasteiger partial charge in [-0.05, 0) is 49.7 Å². The van der Waals surface area contributed by atoms with Gasteiger partial charge >= 0.3 is 0 Å². The van der Waals surface area contributed by atoms with Crippen molar-refractivity contribution in [3.8, 4) is 0 Å². The maximum absolute atomic E-state index is 5.82. The molecule has 0 bridgehead atoms. The molecule has 2 unspecified atom stereocenters. The lowest BCUT2D eigenvalue weighted by molar-refractivity contribution is 0.239. The zero-order valence-electron chi connectivity index (χ0n) is 13.1. The van der Waals surface area contributed by atoms with Crippen molar-refractivity contribution in [3.63, 3.8) is 0 Å². The molecule has 0 saturated heterocycles. The normalized spacial score (nSPS) is 19.1. The molecule has 1 aliphatic rings. The van der Waals surface area contributed by atoms with E-state index in [0.29, 0.717) is 6.04 Å². The van der Waals surface area contributed by atoms with Gasteiger partial charge < -0.3 is 10.6 Å². The maximum Gasteiger partial charge on any atom is 0.00222 e. The van der Waals surface area contributed by atoms with Crippen molar-refractivity contribution >= 4 is 0 Å². The number of nitrogens with zero attached hydrogens (tertiary/aromatic N) is 1. The second-order valence-electron chi connectivity index (χ2n) is 6.58. The summed E-state index contributed by atoms with van der Waals surface area (Å²) in [4.78, 5) is 2.65. The molecule has 1 aromatic carbocycles. The number of rotatable bonds is 6. The lowest BCUT2D eigenvalue weighted by atomic mass is 10.0. The van der Waals surface area contributed by atoms with Crippen LogP contribution in [0.2, 0.25) is 0 Å². The van der Waals surface area contributed by atoms with Crippen LogP contribution in [0, 0.1) is 5.92 Å². The van der Waals surface area contributed by atoms with E-state index in [1.807, 2.05) is 0 Å². The third-order valence-electron chi connectivity index (χ3n) is 4.44. The zero-order chi connectivity index (χ0) is 14.4. The number of benzene rings is 1. The highest BCUT2D eigenvalue weighted by atomic mass is 15.1. The highest BCUT2D eigenvalue weighted by molar-refractivity contribution is 5.28. The van der Waals surface area contributed by atoms with Gasteiger partial charge in [0, 0.05) is 25.7 Å². The van der Waals surface area contributed by atoms with Gasteiger partial charge in [0.1, 0.15) is 0 Å². The Bertz CT molecular complexity index is 373. The molecular formula is C18H30N2. The molecule has 2 atom stereocenters. The van der Waals surface area contributed by atoms with Crippen LogP contribution in [-0.2, 0) is 12.8 Å². The van der Waals surface area contributed by atoms with Crippen LogP contribution >= 0.6 is 0 Å². The molecule has 112 valence electrons. The van der Waals surface area contributed by atoms with E-state index < -0.39 is 0 Å². The molecule has 0 saturated carbocycles. The molecule has 0 spiro atoms. The summed E-state index contributed by atoms with van der Waals surface area (Å²) >= 11 is 0. The minimum Gasteiger partial charge on any atom is -0.328 e. The average molecular weight is 274 g/mol. The molecule has 0 aromatic heterocycles. The predicted octanol–water partition coefficient (Wildman–Crippen LogP) is 3.24. The number of hydrogen-bond acceptors (Lipinski definition) is 2. The van der Waals surface area contributed by atoms with Crippen LogP contribution in [-0.4, -0.2) is 30.6 Å². The molecule has 1 heterocycles. The van der Waals surface area contributed by atoms with Crippen molar-refractivity contribution in [1.29, 1.82) is 0 Å². The quantitative estimate of drug-likeness (QED) is 0.863. The average Bonchev–Trinajstić information content (AvgIpc) is 2.61. The SMILES string of the molecule is CC(N)CCCC(C)CN1CCc2ccccc2CC1. The number of fused-ring (bicyclic) bond motifs is 1. The van der Waals surface area contributed by atoms with E-state index >= 15 is 0 Å². The van der Waals surface area contributed by atoms with E-state index in [1.54, 1.807) is 11.1 Å². The van der Waals surface area contributed by atoms with Crippen molar-refractivity contribution in [2.45, 2.75) is 52.0 Å². The molecule has 0 aliphatic carbocycles. The summed E-state index contributed by atoms with van der Waals surface area (Å²) in [5, 5.41) is 0. The van der Waals surface area contributed by atoms with Crippen LogP contribution in [0.3, 0.4) is 0 Å². The Morgan fingerprint density at radius 3 is 2.20 bits per heavy atom. The van der Waals surface area contributed by atoms with Gasteiger partial charge in [-0.15, -0.1) is 0 Å². The maximum atomic E-state index is 5.82. The second-order valence-corrected chi connectivity index (χ2v) is 6.58. The molecule has 0 radical (unpaired) electrons. The molecule has 1 aliphatic heterocycles. The van der Waals surface area contributed by atoms with Crippen LogP contribution in [0.15, 0.2) is 24.3 Å². The smallest absolute Gasteiger partial charge is 0.00222 e. The Morgan fingerprint density at radius 2 is 1.65 bits per heavy atom. The Hall–Kier alpha value is -0.860. The minimum absolute atomic E-state index is 0.356. The standard InChI is InChI=1S/C18H30N2/c1-15(6-5-7-16(2)19)14-20-12-10-17-8-3-4-9-18(17)11-13-20/h3-4,8-9,15-16H,5-7,10-14,19H2,1-2H3. The lowest BCUT2D eigenvalue weighted by Gasteiger charge is -2.24. The molecule has 0 amide bonds. The molecule has 1 aromatic rings. The first-order valence-corrected chi connectivity index (χ1v) is 8.20. The highest BCUT2D eigenvalue weighted by Crippen LogP contribution is 2.17. The van der Waals surface area contributed by atoms with E-state index in [4.69, 9.17) is 5.73 Å². The van der Waals surface area contributed by atoms with Crippen molar-refractivity contribution in [2.24, 2.45) is 11.7 Å². The Labute approximate surface area is 124 Å². The van der Waals surface area contributed by atoms with Crippen molar-refractivity contribution < 1.29 is 0 Å². The molecule has 20 heavy (non-hydrogen) atoms. The van der Waals surface area contributed by atoms with Gasteiger partial charge in [0.05, 0.1) is 0 Å². The summed E-state index contributed by atoms with van der Waals surface area (Å²) < 4.78 is 0. The van der Waals surface area contributed by atoms with Gasteiger partial charge in [-0.1, -0.05) is 37.6 Å². The van der Waals surface area contributed by atoms with E-state index in [2.05, 4.69) is 43.0 Å². The molecule has 2 rings (SSSR count). The Balaban J connectivity index is 1.75. The van der Waals surface area contributed by atoms with E-state index in [9.17, 15) is 0 Å². The first kappa shape index (κ1) is 15.5. The van der Waals surface area contributed by atoms with Gasteiger partial charge in [0.25, 0.3) is 0 Å². The summed E-state index contributed by atoms with van der Waals surface area (Å²) in [5.41, 5.74) is 8.93. The van der Waals surface area contributed by atoms with Crippen molar-refractivity contribution in [2.75, 3.05) is 19.6 Å². The van der Waals surface area contributed by atoms with Crippen molar-refractivity contribution in [3.05, 3.63) is 35.4 Å². The molecule has 2 heteroatoms. The van der Waals surface area contributed by atoms with E-state index in [1.165, 1.54) is 45.3 Å². The zero-order valence-corrected chi connectivity index (χ0v) is 13.1. The van der Waals surface area contributed by atoms with Crippen molar-refractivity contribution in [1.82, 2.24) is 4.90 Å². The first-order chi connectivity index (χ1) is 9.65. The first-order valence-electron chi connectivity index (χ1n) is 8.20. The fourth-order valence-corrected chi connectivity index (χ4v) is 3.22. The van der Waals surface area contributed by atoms with Gasteiger partial charge in [0.15, 0.2) is 0 Å². The third kappa shape index (κ3) is 4.92. The predicted molar refractivity (Wildman–Crippen MR) is 87.0 cm³/mol. The Kier molecular flexibility index (Phi) is 6.06. The molecule has 2 N–H and O–H groups in total. The van der Waals surface area contributed by atoms with Crippen LogP contribution in [0.1, 0.15) is 44.2 Å². The monoisotopic (exact) mass is 274 g/mol. The van der Waals surface area contributed by atoms with E-state index in [0.717, 1.165) is 12.3 Å².